The third-order valence-corrected chi connectivity index (χ3v) is 2.35. The Morgan fingerprint density at radius 1 is 1.18 bits per heavy atom. The van der Waals surface area contributed by atoms with Gasteiger partial charge in [-0.25, -0.2) is 4.98 Å². The molecular formula is C13H15NO3. The van der Waals surface area contributed by atoms with E-state index in [2.05, 4.69) is 4.98 Å². The molecule has 4 heteroatoms. The number of benzene rings is 1. The van der Waals surface area contributed by atoms with Gasteiger partial charge in [0.1, 0.15) is 17.0 Å². The minimum Gasteiger partial charge on any atom is -0.506 e. The highest BCUT2D eigenvalue weighted by molar-refractivity contribution is 5.90. The molecule has 1 N–H and O–H groups in total. The Labute approximate surface area is 99.8 Å². The molecule has 0 saturated heterocycles. The molecule has 90 valence electrons. The van der Waals surface area contributed by atoms with Gasteiger partial charge in [0.05, 0.1) is 13.2 Å². The lowest BCUT2D eigenvalue weighted by Gasteiger charge is -2.10. The highest BCUT2D eigenvalue weighted by atomic mass is 16.5. The Kier molecular flexibility index (Phi) is 3.32. The fourth-order valence-corrected chi connectivity index (χ4v) is 1.68. The van der Waals surface area contributed by atoms with Crippen LogP contribution in [0.5, 0.6) is 17.4 Å². The van der Waals surface area contributed by atoms with E-state index in [9.17, 15) is 5.11 Å². The molecule has 0 amide bonds. The average Bonchev–Trinajstić information content (AvgIpc) is 2.31. The fraction of sp³-hybridized carbons (Fsp3) is 0.308. The maximum atomic E-state index is 9.78. The molecule has 0 radical (unpaired) electrons. The SMILES string of the molecule is CCOc1cc(OCC)c2cccc(O)c2n1. The summed E-state index contributed by atoms with van der Waals surface area (Å²) in [6.45, 7) is 4.88. The van der Waals surface area contributed by atoms with Gasteiger partial charge in [0, 0.05) is 11.5 Å². The molecule has 0 unspecified atom stereocenters. The van der Waals surface area contributed by atoms with Gasteiger partial charge in [-0.2, -0.15) is 0 Å². The van der Waals surface area contributed by atoms with Crippen molar-refractivity contribution in [3.8, 4) is 17.4 Å². The van der Waals surface area contributed by atoms with E-state index in [-0.39, 0.29) is 5.75 Å². The topological polar surface area (TPSA) is 51.6 Å². The van der Waals surface area contributed by atoms with Gasteiger partial charge in [0.2, 0.25) is 5.88 Å². The summed E-state index contributed by atoms with van der Waals surface area (Å²) in [7, 11) is 0. The molecule has 2 aromatic rings. The van der Waals surface area contributed by atoms with Crippen LogP contribution in [0.3, 0.4) is 0 Å². The maximum absolute atomic E-state index is 9.78. The highest BCUT2D eigenvalue weighted by Crippen LogP contribution is 2.33. The number of phenolic OH excluding ortho intramolecular Hbond substituents is 1. The van der Waals surface area contributed by atoms with Crippen molar-refractivity contribution < 1.29 is 14.6 Å². The first-order valence-electron chi connectivity index (χ1n) is 5.64. The Bertz CT molecular complexity index is 525. The molecule has 2 rings (SSSR count). The minimum absolute atomic E-state index is 0.130. The van der Waals surface area contributed by atoms with E-state index in [0.717, 1.165) is 5.39 Å². The van der Waals surface area contributed by atoms with Crippen LogP contribution in [0, 0.1) is 0 Å². The summed E-state index contributed by atoms with van der Waals surface area (Å²) in [5.74, 6) is 1.27. The number of phenols is 1. The van der Waals surface area contributed by atoms with Crippen LogP contribution in [0.15, 0.2) is 24.3 Å². The molecule has 0 aliphatic heterocycles. The Morgan fingerprint density at radius 3 is 2.65 bits per heavy atom. The van der Waals surface area contributed by atoms with E-state index in [4.69, 9.17) is 9.47 Å². The quantitative estimate of drug-likeness (QED) is 0.882. The van der Waals surface area contributed by atoms with Crippen molar-refractivity contribution in [2.45, 2.75) is 13.8 Å². The maximum Gasteiger partial charge on any atom is 0.217 e. The van der Waals surface area contributed by atoms with Gasteiger partial charge in [0.15, 0.2) is 0 Å². The summed E-state index contributed by atoms with van der Waals surface area (Å²) < 4.78 is 10.9. The monoisotopic (exact) mass is 233 g/mol. The third kappa shape index (κ3) is 2.25. The molecule has 4 nitrogen and oxygen atoms in total. The van der Waals surface area contributed by atoms with Crippen LogP contribution in [0.1, 0.15) is 13.8 Å². The van der Waals surface area contributed by atoms with Crippen molar-refractivity contribution in [3.63, 3.8) is 0 Å². The molecule has 0 spiro atoms. The number of pyridine rings is 1. The smallest absolute Gasteiger partial charge is 0.217 e. The number of aromatic hydroxyl groups is 1. The number of nitrogens with zero attached hydrogens (tertiary/aromatic N) is 1. The van der Waals surface area contributed by atoms with Crippen molar-refractivity contribution in [1.29, 1.82) is 0 Å². The largest absolute Gasteiger partial charge is 0.506 e. The van der Waals surface area contributed by atoms with Gasteiger partial charge in [-0.15, -0.1) is 0 Å². The zero-order valence-corrected chi connectivity index (χ0v) is 9.93. The van der Waals surface area contributed by atoms with Gasteiger partial charge in [0.25, 0.3) is 0 Å². The second kappa shape index (κ2) is 4.91. The Balaban J connectivity index is 2.63. The average molecular weight is 233 g/mol. The van der Waals surface area contributed by atoms with Crippen LogP contribution in [0.4, 0.5) is 0 Å². The zero-order chi connectivity index (χ0) is 12.3. The van der Waals surface area contributed by atoms with Gasteiger partial charge in [-0.1, -0.05) is 6.07 Å². The third-order valence-electron chi connectivity index (χ3n) is 2.35. The number of hydrogen-bond acceptors (Lipinski definition) is 4. The zero-order valence-electron chi connectivity index (χ0n) is 9.93. The van der Waals surface area contributed by atoms with E-state index < -0.39 is 0 Å². The molecule has 0 saturated carbocycles. The Hall–Kier alpha value is -1.97. The van der Waals surface area contributed by atoms with Crippen LogP contribution in [-0.4, -0.2) is 23.3 Å². The molecule has 0 atom stereocenters. The van der Waals surface area contributed by atoms with E-state index in [1.807, 2.05) is 19.9 Å². The molecule has 1 heterocycles. The molecule has 1 aromatic carbocycles. The number of ether oxygens (including phenoxy) is 2. The lowest BCUT2D eigenvalue weighted by atomic mass is 10.2. The predicted molar refractivity (Wildman–Crippen MR) is 65.7 cm³/mol. The number of para-hydroxylation sites is 1. The number of hydrogen-bond donors (Lipinski definition) is 1. The van der Waals surface area contributed by atoms with Crippen molar-refractivity contribution >= 4 is 10.9 Å². The van der Waals surface area contributed by atoms with E-state index >= 15 is 0 Å². The second-order valence-corrected chi connectivity index (χ2v) is 3.50. The van der Waals surface area contributed by atoms with Gasteiger partial charge in [-0.3, -0.25) is 0 Å². The lowest BCUT2D eigenvalue weighted by molar-refractivity contribution is 0.316. The van der Waals surface area contributed by atoms with Crippen LogP contribution in [-0.2, 0) is 0 Å². The normalized spacial score (nSPS) is 10.5. The van der Waals surface area contributed by atoms with Gasteiger partial charge >= 0.3 is 0 Å². The molecule has 0 fully saturated rings. The first-order valence-corrected chi connectivity index (χ1v) is 5.64. The van der Waals surface area contributed by atoms with E-state index in [1.165, 1.54) is 0 Å². The molecule has 1 aromatic heterocycles. The second-order valence-electron chi connectivity index (χ2n) is 3.50. The molecular weight excluding hydrogens is 218 g/mol. The highest BCUT2D eigenvalue weighted by Gasteiger charge is 2.10. The molecule has 0 aliphatic carbocycles. The lowest BCUT2D eigenvalue weighted by Crippen LogP contribution is -1.98. The first kappa shape index (κ1) is 11.5. The summed E-state index contributed by atoms with van der Waals surface area (Å²) in [5.41, 5.74) is 0.502. The molecule has 0 aliphatic rings. The standard InChI is InChI=1S/C13H15NO3/c1-3-16-11-8-12(17-4-2)14-13-9(11)6-5-7-10(13)15/h5-8,15H,3-4H2,1-2H3. The first-order chi connectivity index (χ1) is 8.26. The van der Waals surface area contributed by atoms with Crippen LogP contribution in [0.25, 0.3) is 10.9 Å². The van der Waals surface area contributed by atoms with Crippen molar-refractivity contribution in [2.24, 2.45) is 0 Å². The molecule has 0 bridgehead atoms. The number of fused-ring (bicyclic) bond motifs is 1. The van der Waals surface area contributed by atoms with Crippen LogP contribution < -0.4 is 9.47 Å². The van der Waals surface area contributed by atoms with E-state index in [0.29, 0.717) is 30.4 Å². The van der Waals surface area contributed by atoms with Crippen molar-refractivity contribution in [1.82, 2.24) is 4.98 Å². The van der Waals surface area contributed by atoms with Crippen LogP contribution >= 0.6 is 0 Å². The van der Waals surface area contributed by atoms with Crippen molar-refractivity contribution in [2.75, 3.05) is 13.2 Å². The van der Waals surface area contributed by atoms with Gasteiger partial charge < -0.3 is 14.6 Å². The summed E-state index contributed by atoms with van der Waals surface area (Å²) in [4.78, 5) is 4.26. The molecule has 17 heavy (non-hydrogen) atoms. The summed E-state index contributed by atoms with van der Waals surface area (Å²) in [5, 5.41) is 10.6. The fourth-order valence-electron chi connectivity index (χ4n) is 1.68. The van der Waals surface area contributed by atoms with E-state index in [1.54, 1.807) is 18.2 Å². The summed E-state index contributed by atoms with van der Waals surface area (Å²) in [6, 6.07) is 6.97. The number of rotatable bonds is 4. The minimum atomic E-state index is 0.130. The summed E-state index contributed by atoms with van der Waals surface area (Å²) >= 11 is 0. The van der Waals surface area contributed by atoms with Gasteiger partial charge in [-0.05, 0) is 26.0 Å². The van der Waals surface area contributed by atoms with Crippen LogP contribution in [0.2, 0.25) is 0 Å². The number of aromatic nitrogens is 1. The van der Waals surface area contributed by atoms with Crippen molar-refractivity contribution in [3.05, 3.63) is 24.3 Å². The Morgan fingerprint density at radius 2 is 1.94 bits per heavy atom. The summed E-state index contributed by atoms with van der Waals surface area (Å²) in [6.07, 6.45) is 0. The predicted octanol–water partition coefficient (Wildman–Crippen LogP) is 2.74.